The molecule has 228 valence electrons. The van der Waals surface area contributed by atoms with Gasteiger partial charge in [0.2, 0.25) is 5.12 Å². The molecule has 1 aromatic carbocycles. The predicted octanol–water partition coefficient (Wildman–Crippen LogP) is 5.12. The SMILES string of the molecule is COCC(=O)O[C@]1(C(=O)SCC#N)CC[C@H]2[C@@H]3C[C@H](C)C4=Cc5c(cnn5-c5ccc(F)cc5)C[C@]4(C)[C@H]3[C@@H](O)C[C@@]21C. The number of aliphatic hydroxyl groups excluding tert-OH is 1. The molecule has 4 aliphatic rings. The van der Waals surface area contributed by atoms with Crippen LogP contribution in [-0.2, 0) is 25.5 Å². The van der Waals surface area contributed by atoms with Crippen LogP contribution in [0.3, 0.4) is 0 Å². The molecule has 1 heterocycles. The molecule has 1 aromatic heterocycles. The second-order valence-electron chi connectivity index (χ2n) is 13.3. The van der Waals surface area contributed by atoms with Gasteiger partial charge in [0, 0.05) is 12.5 Å². The maximum absolute atomic E-state index is 13.8. The first-order chi connectivity index (χ1) is 20.5. The summed E-state index contributed by atoms with van der Waals surface area (Å²) in [5.41, 5.74) is 1.60. The lowest BCUT2D eigenvalue weighted by Gasteiger charge is -2.61. The van der Waals surface area contributed by atoms with Crippen LogP contribution in [0.25, 0.3) is 11.8 Å². The van der Waals surface area contributed by atoms with E-state index in [1.165, 1.54) is 24.8 Å². The minimum atomic E-state index is -1.43. The van der Waals surface area contributed by atoms with Gasteiger partial charge in [-0.25, -0.2) is 13.9 Å². The molecule has 43 heavy (non-hydrogen) atoms. The van der Waals surface area contributed by atoms with Crippen LogP contribution in [0, 0.1) is 51.6 Å². The molecule has 0 aliphatic heterocycles. The Morgan fingerprint density at radius 3 is 2.72 bits per heavy atom. The minimum Gasteiger partial charge on any atom is -0.448 e. The second kappa shape index (κ2) is 10.9. The topological polar surface area (TPSA) is 114 Å². The van der Waals surface area contributed by atoms with E-state index in [0.29, 0.717) is 25.7 Å². The van der Waals surface area contributed by atoms with Crippen LogP contribution in [0.2, 0.25) is 0 Å². The monoisotopic (exact) mass is 607 g/mol. The van der Waals surface area contributed by atoms with Gasteiger partial charge >= 0.3 is 5.97 Å². The number of carbonyl (C=O) groups is 2. The van der Waals surface area contributed by atoms with Crippen molar-refractivity contribution in [1.82, 2.24) is 9.78 Å². The average Bonchev–Trinajstić information content (AvgIpc) is 3.49. The number of halogens is 1. The van der Waals surface area contributed by atoms with Gasteiger partial charge in [0.1, 0.15) is 12.4 Å². The lowest BCUT2D eigenvalue weighted by molar-refractivity contribution is -0.199. The van der Waals surface area contributed by atoms with Crippen molar-refractivity contribution < 1.29 is 28.6 Å². The lowest BCUT2D eigenvalue weighted by Crippen LogP contribution is -2.63. The quantitative estimate of drug-likeness (QED) is 0.450. The van der Waals surface area contributed by atoms with Crippen molar-refractivity contribution in [3.63, 3.8) is 0 Å². The van der Waals surface area contributed by atoms with Crippen molar-refractivity contribution in [1.29, 1.82) is 5.26 Å². The molecule has 10 heteroatoms. The molecule has 3 fully saturated rings. The van der Waals surface area contributed by atoms with Gasteiger partial charge in [-0.2, -0.15) is 10.4 Å². The third-order valence-corrected chi connectivity index (χ3v) is 11.9. The number of esters is 1. The van der Waals surface area contributed by atoms with E-state index in [9.17, 15) is 24.3 Å². The van der Waals surface area contributed by atoms with Crippen LogP contribution >= 0.6 is 11.8 Å². The Hall–Kier alpha value is -3.00. The average molecular weight is 608 g/mol. The fraction of sp³-hybridized carbons (Fsp3) is 0.576. The Morgan fingerprint density at radius 1 is 1.28 bits per heavy atom. The van der Waals surface area contributed by atoms with E-state index in [4.69, 9.17) is 9.47 Å². The number of aliphatic hydroxyl groups is 1. The Labute approximate surface area is 255 Å². The van der Waals surface area contributed by atoms with Crippen molar-refractivity contribution in [2.24, 2.45) is 34.5 Å². The van der Waals surface area contributed by atoms with E-state index in [1.54, 1.807) is 12.1 Å². The highest BCUT2D eigenvalue weighted by Crippen LogP contribution is 2.69. The van der Waals surface area contributed by atoms with Crippen LogP contribution in [0.4, 0.5) is 4.39 Å². The van der Waals surface area contributed by atoms with Gasteiger partial charge in [-0.3, -0.25) is 4.79 Å². The van der Waals surface area contributed by atoms with E-state index >= 15 is 0 Å². The highest BCUT2D eigenvalue weighted by Gasteiger charge is 2.71. The van der Waals surface area contributed by atoms with E-state index < -0.39 is 23.1 Å². The standard InChI is InChI=1S/C33H38FN3O5S/c1-19-13-23-24-9-10-33(30(40)43-12-11-35,42-28(39)18-41-4)32(24,3)16-27(38)29(23)31(2)15-20-17-36-37(26(20)14-25(19)31)22-7-5-21(34)6-8-22/h5-8,14,17,19,23-24,27,29,38H,9-10,12-13,15-16,18H2,1-4H3/t19-,23-,24-,27-,29+,31-,32-,33-/m0/s1. The number of fused-ring (bicyclic) bond motifs is 6. The van der Waals surface area contributed by atoms with Crippen molar-refractivity contribution in [2.75, 3.05) is 19.5 Å². The highest BCUT2D eigenvalue weighted by molar-refractivity contribution is 8.14. The Bertz CT molecular complexity index is 1520. The summed E-state index contributed by atoms with van der Waals surface area (Å²) in [5, 5.41) is 25.6. The van der Waals surface area contributed by atoms with Crippen molar-refractivity contribution in [3.05, 3.63) is 53.1 Å². The van der Waals surface area contributed by atoms with Gasteiger partial charge in [-0.1, -0.05) is 38.1 Å². The van der Waals surface area contributed by atoms with Crippen LogP contribution in [0.1, 0.15) is 57.7 Å². The minimum absolute atomic E-state index is 0.0328. The normalized spacial score (nSPS) is 35.9. The van der Waals surface area contributed by atoms with Gasteiger partial charge in [0.25, 0.3) is 0 Å². The third-order valence-electron chi connectivity index (χ3n) is 11.1. The number of ether oxygens (including phenoxy) is 2. The second-order valence-corrected chi connectivity index (χ2v) is 14.2. The molecule has 2 aromatic rings. The van der Waals surface area contributed by atoms with Crippen LogP contribution in [0.15, 0.2) is 36.0 Å². The summed E-state index contributed by atoms with van der Waals surface area (Å²) in [4.78, 5) is 26.6. The van der Waals surface area contributed by atoms with Crippen LogP contribution in [0.5, 0.6) is 0 Å². The van der Waals surface area contributed by atoms with Gasteiger partial charge < -0.3 is 14.6 Å². The number of benzene rings is 1. The Morgan fingerprint density at radius 2 is 2.02 bits per heavy atom. The molecule has 8 atom stereocenters. The molecule has 4 aliphatic carbocycles. The number of methoxy groups -OCH3 is 1. The number of thioether (sulfide) groups is 1. The number of hydrogen-bond acceptors (Lipinski definition) is 8. The van der Waals surface area contributed by atoms with Crippen LogP contribution < -0.4 is 0 Å². The molecule has 0 bridgehead atoms. The summed E-state index contributed by atoms with van der Waals surface area (Å²) in [5.74, 6) is -0.629. The summed E-state index contributed by atoms with van der Waals surface area (Å²) >= 11 is 0.890. The number of nitriles is 1. The number of hydrogen-bond donors (Lipinski definition) is 1. The predicted molar refractivity (Wildman–Crippen MR) is 159 cm³/mol. The number of aromatic nitrogens is 2. The third kappa shape index (κ3) is 4.49. The van der Waals surface area contributed by atoms with Gasteiger partial charge in [-0.15, -0.1) is 0 Å². The first-order valence-corrected chi connectivity index (χ1v) is 16.0. The Kier molecular flexibility index (Phi) is 7.59. The molecule has 0 amide bonds. The number of rotatable bonds is 6. The molecule has 0 saturated heterocycles. The van der Waals surface area contributed by atoms with Gasteiger partial charge in [0.15, 0.2) is 5.60 Å². The smallest absolute Gasteiger partial charge is 0.333 e. The number of nitrogens with zero attached hydrogens (tertiary/aromatic N) is 3. The molecule has 0 unspecified atom stereocenters. The van der Waals surface area contributed by atoms with E-state index in [2.05, 4.69) is 25.0 Å². The number of carbonyl (C=O) groups excluding carboxylic acids is 2. The van der Waals surface area contributed by atoms with Crippen LogP contribution in [-0.4, -0.2) is 57.1 Å². The fourth-order valence-corrected chi connectivity index (χ4v) is 10.3. The summed E-state index contributed by atoms with van der Waals surface area (Å²) in [6.45, 7) is 6.21. The summed E-state index contributed by atoms with van der Waals surface area (Å²) in [6, 6.07) is 8.34. The zero-order valence-corrected chi connectivity index (χ0v) is 25.8. The molecular weight excluding hydrogens is 569 g/mol. The molecule has 8 nitrogen and oxygen atoms in total. The van der Waals surface area contributed by atoms with E-state index in [-0.39, 0.29) is 52.4 Å². The first-order valence-electron chi connectivity index (χ1n) is 15.0. The van der Waals surface area contributed by atoms with Gasteiger partial charge in [-0.05, 0) is 97.1 Å². The maximum Gasteiger partial charge on any atom is 0.333 e. The largest absolute Gasteiger partial charge is 0.448 e. The molecule has 1 N–H and O–H groups in total. The van der Waals surface area contributed by atoms with E-state index in [1.807, 2.05) is 23.9 Å². The highest BCUT2D eigenvalue weighted by atomic mass is 32.2. The molecule has 3 saturated carbocycles. The summed E-state index contributed by atoms with van der Waals surface area (Å²) in [6.07, 6.45) is 6.30. The molecule has 0 spiro atoms. The number of allylic oxidation sites excluding steroid dienone is 1. The molecule has 6 rings (SSSR count). The van der Waals surface area contributed by atoms with Crippen molar-refractivity contribution in [2.45, 2.75) is 64.6 Å². The van der Waals surface area contributed by atoms with E-state index in [0.717, 1.165) is 35.1 Å². The first kappa shape index (κ1) is 30.0. The summed E-state index contributed by atoms with van der Waals surface area (Å²) < 4.78 is 26.6. The lowest BCUT2D eigenvalue weighted by atomic mass is 9.44. The zero-order valence-electron chi connectivity index (χ0n) is 25.0. The van der Waals surface area contributed by atoms with Crippen molar-refractivity contribution >= 4 is 28.9 Å². The maximum atomic E-state index is 13.8. The van der Waals surface area contributed by atoms with Gasteiger partial charge in [0.05, 0.1) is 35.5 Å². The Balaban J connectivity index is 1.37. The fourth-order valence-electron chi connectivity index (χ4n) is 9.50. The van der Waals surface area contributed by atoms with Crippen molar-refractivity contribution in [3.8, 4) is 11.8 Å². The summed E-state index contributed by atoms with van der Waals surface area (Å²) in [7, 11) is 1.41. The zero-order chi connectivity index (χ0) is 30.7. The molecular formula is C33H38FN3O5S. The molecule has 0 radical (unpaired) electrons.